The van der Waals surface area contributed by atoms with Crippen molar-refractivity contribution in [1.29, 1.82) is 0 Å². The van der Waals surface area contributed by atoms with E-state index in [4.69, 9.17) is 10.5 Å². The molecule has 0 aromatic heterocycles. The van der Waals surface area contributed by atoms with Crippen LogP contribution in [0.1, 0.15) is 25.8 Å². The van der Waals surface area contributed by atoms with Crippen LogP contribution in [0.2, 0.25) is 0 Å². The first-order valence-corrected chi connectivity index (χ1v) is 7.51. The second-order valence-corrected chi connectivity index (χ2v) is 5.72. The fourth-order valence-electron chi connectivity index (χ4n) is 2.71. The first-order chi connectivity index (χ1) is 10.0. The summed E-state index contributed by atoms with van der Waals surface area (Å²) >= 11 is 0. The van der Waals surface area contributed by atoms with E-state index < -0.39 is 0 Å². The van der Waals surface area contributed by atoms with Crippen LogP contribution in [0.15, 0.2) is 18.2 Å². The number of benzene rings is 1. The Bertz CT molecular complexity index is 484. The lowest BCUT2D eigenvalue weighted by atomic mass is 10.1. The molecule has 21 heavy (non-hydrogen) atoms. The molecule has 0 spiro atoms. The molecule has 0 bridgehead atoms. The molecule has 0 aliphatic carbocycles. The number of aryl methyl sites for hydroxylation is 1. The molecule has 5 nitrogen and oxygen atoms in total. The number of carbonyl (C=O) groups excluding carboxylic acids is 1. The standard InChI is InChI=1S/C16H25N3O2/c1-4-13-10-21-12(3)8-19(13)9-15(20)18-16-11(2)6-5-7-14(16)17/h5-7,12-13H,4,8-10,17H2,1-3H3,(H,18,20). The van der Waals surface area contributed by atoms with E-state index in [9.17, 15) is 4.79 Å². The van der Waals surface area contributed by atoms with Gasteiger partial charge >= 0.3 is 0 Å². The van der Waals surface area contributed by atoms with Gasteiger partial charge in [0.1, 0.15) is 0 Å². The number of anilines is 2. The molecule has 116 valence electrons. The Morgan fingerprint density at radius 3 is 2.95 bits per heavy atom. The smallest absolute Gasteiger partial charge is 0.238 e. The molecule has 1 saturated heterocycles. The van der Waals surface area contributed by atoms with Crippen LogP contribution in [-0.4, -0.2) is 42.6 Å². The normalized spacial score (nSPS) is 23.0. The Balaban J connectivity index is 2.00. The number of hydrogen-bond donors (Lipinski definition) is 2. The molecule has 1 aliphatic heterocycles. The van der Waals surface area contributed by atoms with Crippen molar-refractivity contribution < 1.29 is 9.53 Å². The summed E-state index contributed by atoms with van der Waals surface area (Å²) in [4.78, 5) is 14.5. The Labute approximate surface area is 126 Å². The van der Waals surface area contributed by atoms with E-state index in [0.717, 1.165) is 24.2 Å². The van der Waals surface area contributed by atoms with Crippen LogP contribution in [0.3, 0.4) is 0 Å². The number of ether oxygens (including phenoxy) is 1. The van der Waals surface area contributed by atoms with Gasteiger partial charge in [0.25, 0.3) is 0 Å². The maximum absolute atomic E-state index is 12.3. The van der Waals surface area contributed by atoms with Crippen molar-refractivity contribution in [3.05, 3.63) is 23.8 Å². The molecule has 5 heteroatoms. The molecule has 2 atom stereocenters. The van der Waals surface area contributed by atoms with Crippen molar-refractivity contribution in [1.82, 2.24) is 4.90 Å². The topological polar surface area (TPSA) is 67.6 Å². The van der Waals surface area contributed by atoms with E-state index in [1.807, 2.05) is 26.0 Å². The molecular weight excluding hydrogens is 266 g/mol. The number of nitrogen functional groups attached to an aromatic ring is 1. The van der Waals surface area contributed by atoms with E-state index >= 15 is 0 Å². The first kappa shape index (κ1) is 15.8. The van der Waals surface area contributed by atoms with Gasteiger partial charge in [-0.25, -0.2) is 0 Å². The zero-order valence-corrected chi connectivity index (χ0v) is 13.1. The summed E-state index contributed by atoms with van der Waals surface area (Å²) < 4.78 is 5.66. The van der Waals surface area contributed by atoms with Crippen molar-refractivity contribution in [3.63, 3.8) is 0 Å². The van der Waals surface area contributed by atoms with Gasteiger partial charge in [-0.2, -0.15) is 0 Å². The molecule has 1 heterocycles. The van der Waals surface area contributed by atoms with Gasteiger partial charge in [-0.05, 0) is 31.9 Å². The molecule has 1 amide bonds. The highest BCUT2D eigenvalue weighted by atomic mass is 16.5. The molecule has 2 unspecified atom stereocenters. The summed E-state index contributed by atoms with van der Waals surface area (Å²) in [5, 5.41) is 2.94. The number of amides is 1. The molecule has 1 aromatic rings. The molecule has 3 N–H and O–H groups in total. The van der Waals surface area contributed by atoms with Gasteiger partial charge in [-0.15, -0.1) is 0 Å². The Morgan fingerprint density at radius 1 is 1.52 bits per heavy atom. The van der Waals surface area contributed by atoms with Crippen LogP contribution in [0.25, 0.3) is 0 Å². The maximum Gasteiger partial charge on any atom is 0.238 e. The van der Waals surface area contributed by atoms with Crippen LogP contribution >= 0.6 is 0 Å². The fourth-order valence-corrected chi connectivity index (χ4v) is 2.71. The lowest BCUT2D eigenvalue weighted by Gasteiger charge is -2.37. The van der Waals surface area contributed by atoms with Crippen LogP contribution < -0.4 is 11.1 Å². The summed E-state index contributed by atoms with van der Waals surface area (Å²) in [6.07, 6.45) is 1.15. The summed E-state index contributed by atoms with van der Waals surface area (Å²) in [6.45, 7) is 7.95. The average molecular weight is 291 g/mol. The molecular formula is C16H25N3O2. The lowest BCUT2D eigenvalue weighted by molar-refractivity contribution is -0.121. The van der Waals surface area contributed by atoms with Gasteiger partial charge in [0.05, 0.1) is 30.6 Å². The van der Waals surface area contributed by atoms with Crippen molar-refractivity contribution in [2.45, 2.75) is 39.3 Å². The van der Waals surface area contributed by atoms with Crippen molar-refractivity contribution >= 4 is 17.3 Å². The largest absolute Gasteiger partial charge is 0.397 e. The minimum atomic E-state index is -0.0245. The Kier molecular flexibility index (Phi) is 5.20. The number of para-hydroxylation sites is 1. The molecule has 2 rings (SSSR count). The number of morpholine rings is 1. The minimum absolute atomic E-state index is 0.0245. The van der Waals surface area contributed by atoms with Gasteiger partial charge in [-0.1, -0.05) is 19.1 Å². The first-order valence-electron chi connectivity index (χ1n) is 7.51. The van der Waals surface area contributed by atoms with Crippen LogP contribution in [-0.2, 0) is 9.53 Å². The predicted molar refractivity (Wildman–Crippen MR) is 85.3 cm³/mol. The van der Waals surface area contributed by atoms with Crippen LogP contribution in [0.4, 0.5) is 11.4 Å². The molecule has 0 saturated carbocycles. The lowest BCUT2D eigenvalue weighted by Crippen LogP contribution is -2.51. The molecule has 1 aromatic carbocycles. The average Bonchev–Trinajstić information content (AvgIpc) is 2.43. The van der Waals surface area contributed by atoms with Crippen molar-refractivity contribution in [2.24, 2.45) is 0 Å². The quantitative estimate of drug-likeness (QED) is 0.833. The summed E-state index contributed by atoms with van der Waals surface area (Å²) in [5.74, 6) is -0.0245. The van der Waals surface area contributed by atoms with Crippen molar-refractivity contribution in [3.8, 4) is 0 Å². The summed E-state index contributed by atoms with van der Waals surface area (Å²) in [6, 6.07) is 5.93. The third-order valence-corrected chi connectivity index (χ3v) is 3.97. The summed E-state index contributed by atoms with van der Waals surface area (Å²) in [7, 11) is 0. The molecule has 0 radical (unpaired) electrons. The number of rotatable bonds is 4. The van der Waals surface area contributed by atoms with Gasteiger partial charge in [0, 0.05) is 12.6 Å². The third kappa shape index (κ3) is 3.95. The number of hydrogen-bond acceptors (Lipinski definition) is 4. The zero-order valence-electron chi connectivity index (χ0n) is 13.1. The minimum Gasteiger partial charge on any atom is -0.397 e. The number of carbonyl (C=O) groups is 1. The maximum atomic E-state index is 12.3. The zero-order chi connectivity index (χ0) is 15.4. The second-order valence-electron chi connectivity index (χ2n) is 5.72. The van der Waals surface area contributed by atoms with E-state index in [0.29, 0.717) is 24.9 Å². The van der Waals surface area contributed by atoms with Gasteiger partial charge in [-0.3, -0.25) is 9.69 Å². The van der Waals surface area contributed by atoms with Crippen molar-refractivity contribution in [2.75, 3.05) is 30.7 Å². The second kappa shape index (κ2) is 6.91. The summed E-state index contributed by atoms with van der Waals surface area (Å²) in [5.41, 5.74) is 8.23. The van der Waals surface area contributed by atoms with E-state index in [2.05, 4.69) is 17.1 Å². The van der Waals surface area contributed by atoms with Gasteiger partial charge < -0.3 is 15.8 Å². The monoisotopic (exact) mass is 291 g/mol. The van der Waals surface area contributed by atoms with Gasteiger partial charge in [0.2, 0.25) is 5.91 Å². The highest BCUT2D eigenvalue weighted by Gasteiger charge is 2.27. The Morgan fingerprint density at radius 2 is 2.29 bits per heavy atom. The Hall–Kier alpha value is -1.59. The predicted octanol–water partition coefficient (Wildman–Crippen LogP) is 2.02. The molecule has 1 fully saturated rings. The van der Waals surface area contributed by atoms with Crippen LogP contribution in [0, 0.1) is 6.92 Å². The number of nitrogens with one attached hydrogen (secondary N) is 1. The van der Waals surface area contributed by atoms with Crippen LogP contribution in [0.5, 0.6) is 0 Å². The van der Waals surface area contributed by atoms with E-state index in [1.165, 1.54) is 0 Å². The number of nitrogens with two attached hydrogens (primary N) is 1. The molecule has 1 aliphatic rings. The van der Waals surface area contributed by atoms with E-state index in [1.54, 1.807) is 6.07 Å². The van der Waals surface area contributed by atoms with Gasteiger partial charge in [0.15, 0.2) is 0 Å². The highest BCUT2D eigenvalue weighted by Crippen LogP contribution is 2.22. The van der Waals surface area contributed by atoms with E-state index in [-0.39, 0.29) is 12.0 Å². The third-order valence-electron chi connectivity index (χ3n) is 3.97. The highest BCUT2D eigenvalue weighted by molar-refractivity contribution is 5.96. The SMILES string of the molecule is CCC1COC(C)CN1CC(=O)Nc1c(C)cccc1N. The fraction of sp³-hybridized carbons (Fsp3) is 0.562. The number of nitrogens with zero attached hydrogens (tertiary/aromatic N) is 1.